The van der Waals surface area contributed by atoms with Gasteiger partial charge >= 0.3 is 5.97 Å². The van der Waals surface area contributed by atoms with Crippen LogP contribution < -0.4 is 5.32 Å². The molecule has 1 aromatic rings. The average molecular weight is 279 g/mol. The van der Waals surface area contributed by atoms with Gasteiger partial charge in [0.15, 0.2) is 0 Å². The van der Waals surface area contributed by atoms with Crippen molar-refractivity contribution in [3.05, 3.63) is 29.6 Å². The summed E-state index contributed by atoms with van der Waals surface area (Å²) in [4.78, 5) is 11.8. The molecular formula is C16H22FNO2. The van der Waals surface area contributed by atoms with Crippen molar-refractivity contribution in [1.29, 1.82) is 0 Å². The minimum Gasteiger partial charge on any atom is -0.480 e. The van der Waals surface area contributed by atoms with Gasteiger partial charge in [0.25, 0.3) is 0 Å². The van der Waals surface area contributed by atoms with Gasteiger partial charge in [-0.2, -0.15) is 0 Å². The highest BCUT2D eigenvalue weighted by molar-refractivity contribution is 5.83. The lowest BCUT2D eigenvalue weighted by atomic mass is 9.74. The third-order valence-electron chi connectivity index (χ3n) is 4.27. The van der Waals surface area contributed by atoms with Crippen LogP contribution in [-0.2, 0) is 4.79 Å². The van der Waals surface area contributed by atoms with Crippen molar-refractivity contribution < 1.29 is 14.3 Å². The molecule has 2 N–H and O–H groups in total. The molecule has 0 radical (unpaired) electrons. The monoisotopic (exact) mass is 279 g/mol. The van der Waals surface area contributed by atoms with Gasteiger partial charge in [0, 0.05) is 5.69 Å². The topological polar surface area (TPSA) is 49.3 Å². The zero-order chi connectivity index (χ0) is 14.8. The van der Waals surface area contributed by atoms with Crippen LogP contribution in [0.15, 0.2) is 18.2 Å². The van der Waals surface area contributed by atoms with Crippen molar-refractivity contribution in [3.8, 4) is 0 Å². The van der Waals surface area contributed by atoms with Crippen molar-refractivity contribution in [2.75, 3.05) is 5.32 Å². The summed E-state index contributed by atoms with van der Waals surface area (Å²) in [6, 6.07) is 4.60. The Labute approximate surface area is 119 Å². The molecule has 2 rings (SSSR count). The van der Waals surface area contributed by atoms with Crippen LogP contribution in [0.2, 0.25) is 0 Å². The molecule has 2 unspecified atom stereocenters. The van der Waals surface area contributed by atoms with Crippen LogP contribution in [0.3, 0.4) is 0 Å². The summed E-state index contributed by atoms with van der Waals surface area (Å²) in [5, 5.41) is 12.7. The Morgan fingerprint density at radius 1 is 1.50 bits per heavy atom. The Balaban J connectivity index is 2.27. The smallest absolute Gasteiger partial charge is 0.329 e. The summed E-state index contributed by atoms with van der Waals surface area (Å²) in [6.45, 7) is 3.90. The van der Waals surface area contributed by atoms with E-state index in [0.29, 0.717) is 24.4 Å². The number of benzene rings is 1. The Morgan fingerprint density at radius 3 is 2.85 bits per heavy atom. The number of hydrogen-bond donors (Lipinski definition) is 2. The number of anilines is 1. The maximum absolute atomic E-state index is 13.5. The number of halogens is 1. The van der Waals surface area contributed by atoms with E-state index >= 15 is 0 Å². The summed E-state index contributed by atoms with van der Waals surface area (Å²) in [6.07, 6.45) is 4.16. The molecule has 0 aliphatic heterocycles. The molecule has 4 heteroatoms. The second-order valence-corrected chi connectivity index (χ2v) is 5.90. The van der Waals surface area contributed by atoms with Gasteiger partial charge in [-0.15, -0.1) is 0 Å². The fourth-order valence-electron chi connectivity index (χ4n) is 3.18. The molecule has 2 atom stereocenters. The normalized spacial score (nSPS) is 26.2. The number of nitrogens with one attached hydrogen (secondary N) is 1. The summed E-state index contributed by atoms with van der Waals surface area (Å²) in [5.74, 6) is -0.754. The van der Waals surface area contributed by atoms with E-state index in [1.807, 2.05) is 0 Å². The molecular weight excluding hydrogens is 257 g/mol. The van der Waals surface area contributed by atoms with Crippen molar-refractivity contribution >= 4 is 11.7 Å². The van der Waals surface area contributed by atoms with Gasteiger partial charge in [-0.3, -0.25) is 0 Å². The third-order valence-corrected chi connectivity index (χ3v) is 4.27. The maximum Gasteiger partial charge on any atom is 0.329 e. The standard InChI is InChI=1S/C16H22FNO2/c1-3-12-5-4-6-16(10-12,15(19)20)18-14-8-11(2)7-13(17)9-14/h7-9,12,18H,3-6,10H2,1-2H3,(H,19,20). The number of rotatable bonds is 4. The largest absolute Gasteiger partial charge is 0.480 e. The van der Waals surface area contributed by atoms with E-state index in [-0.39, 0.29) is 5.82 Å². The van der Waals surface area contributed by atoms with Gasteiger partial charge in [0.2, 0.25) is 0 Å². The third kappa shape index (κ3) is 3.11. The van der Waals surface area contributed by atoms with Gasteiger partial charge in [0.05, 0.1) is 0 Å². The van der Waals surface area contributed by atoms with Gasteiger partial charge in [-0.05, 0) is 49.4 Å². The molecule has 1 fully saturated rings. The van der Waals surface area contributed by atoms with Crippen LogP contribution in [-0.4, -0.2) is 16.6 Å². The van der Waals surface area contributed by atoms with E-state index < -0.39 is 11.5 Å². The Bertz CT molecular complexity index is 483. The second-order valence-electron chi connectivity index (χ2n) is 5.90. The number of aliphatic carboxylic acids is 1. The SMILES string of the molecule is CCC1CCCC(Nc2cc(C)cc(F)c2)(C(=O)O)C1. The number of aryl methyl sites for hydroxylation is 1. The first-order chi connectivity index (χ1) is 9.45. The lowest BCUT2D eigenvalue weighted by Gasteiger charge is -2.38. The minimum absolute atomic E-state index is 0.337. The summed E-state index contributed by atoms with van der Waals surface area (Å²) in [7, 11) is 0. The Hall–Kier alpha value is -1.58. The summed E-state index contributed by atoms with van der Waals surface area (Å²) >= 11 is 0. The van der Waals surface area contributed by atoms with Crippen molar-refractivity contribution in [3.63, 3.8) is 0 Å². The predicted molar refractivity (Wildman–Crippen MR) is 77.4 cm³/mol. The van der Waals surface area contributed by atoms with E-state index in [1.54, 1.807) is 13.0 Å². The molecule has 1 aromatic carbocycles. The molecule has 3 nitrogen and oxygen atoms in total. The van der Waals surface area contributed by atoms with Gasteiger partial charge < -0.3 is 10.4 Å². The molecule has 1 aliphatic rings. The molecule has 0 saturated heterocycles. The molecule has 0 spiro atoms. The maximum atomic E-state index is 13.5. The van der Waals surface area contributed by atoms with E-state index in [1.165, 1.54) is 12.1 Å². The van der Waals surface area contributed by atoms with Gasteiger partial charge in [0.1, 0.15) is 11.4 Å². The Kier molecular flexibility index (Phi) is 4.31. The molecule has 110 valence electrons. The van der Waals surface area contributed by atoms with E-state index in [4.69, 9.17) is 0 Å². The van der Waals surface area contributed by atoms with Crippen molar-refractivity contribution in [2.45, 2.75) is 51.5 Å². The van der Waals surface area contributed by atoms with E-state index in [2.05, 4.69) is 12.2 Å². The summed E-state index contributed by atoms with van der Waals surface area (Å²) in [5.41, 5.74) is 0.386. The van der Waals surface area contributed by atoms with E-state index in [9.17, 15) is 14.3 Å². The molecule has 1 saturated carbocycles. The van der Waals surface area contributed by atoms with Gasteiger partial charge in [-0.25, -0.2) is 9.18 Å². The Morgan fingerprint density at radius 2 is 2.25 bits per heavy atom. The molecule has 0 bridgehead atoms. The highest BCUT2D eigenvalue weighted by Crippen LogP contribution is 2.37. The lowest BCUT2D eigenvalue weighted by Crippen LogP contribution is -2.49. The highest BCUT2D eigenvalue weighted by atomic mass is 19.1. The molecule has 0 aromatic heterocycles. The second kappa shape index (κ2) is 5.81. The van der Waals surface area contributed by atoms with Crippen LogP contribution in [0.5, 0.6) is 0 Å². The summed E-state index contributed by atoms with van der Waals surface area (Å²) < 4.78 is 13.5. The zero-order valence-corrected chi connectivity index (χ0v) is 12.1. The van der Waals surface area contributed by atoms with Crippen LogP contribution in [0.25, 0.3) is 0 Å². The number of hydrogen-bond acceptors (Lipinski definition) is 2. The molecule has 1 aliphatic carbocycles. The average Bonchev–Trinajstić information content (AvgIpc) is 2.37. The molecule has 20 heavy (non-hydrogen) atoms. The quantitative estimate of drug-likeness (QED) is 0.876. The molecule has 0 heterocycles. The number of carboxylic acid groups (broad SMARTS) is 1. The lowest BCUT2D eigenvalue weighted by molar-refractivity contribution is -0.144. The van der Waals surface area contributed by atoms with Crippen molar-refractivity contribution in [2.24, 2.45) is 5.92 Å². The minimum atomic E-state index is -0.959. The highest BCUT2D eigenvalue weighted by Gasteiger charge is 2.42. The van der Waals surface area contributed by atoms with Crippen molar-refractivity contribution in [1.82, 2.24) is 0 Å². The van der Waals surface area contributed by atoms with Crippen LogP contribution in [0.4, 0.5) is 10.1 Å². The first-order valence-corrected chi connectivity index (χ1v) is 7.24. The van der Waals surface area contributed by atoms with Crippen LogP contribution in [0.1, 0.15) is 44.6 Å². The number of carbonyl (C=O) groups is 1. The first-order valence-electron chi connectivity index (χ1n) is 7.24. The zero-order valence-electron chi connectivity index (χ0n) is 12.1. The first kappa shape index (κ1) is 14.8. The predicted octanol–water partition coefficient (Wildman–Crippen LogP) is 3.97. The number of carboxylic acids is 1. The van der Waals surface area contributed by atoms with E-state index in [0.717, 1.165) is 24.8 Å². The van der Waals surface area contributed by atoms with Gasteiger partial charge in [-0.1, -0.05) is 26.2 Å². The molecule has 0 amide bonds. The van der Waals surface area contributed by atoms with Crippen LogP contribution in [0, 0.1) is 18.7 Å². The van der Waals surface area contributed by atoms with Crippen LogP contribution >= 0.6 is 0 Å². The fraction of sp³-hybridized carbons (Fsp3) is 0.562. The fourth-order valence-corrected chi connectivity index (χ4v) is 3.18.